The normalized spacial score (nSPS) is 12.6. The van der Waals surface area contributed by atoms with E-state index in [1.807, 2.05) is 48.5 Å². The van der Waals surface area contributed by atoms with Crippen molar-refractivity contribution in [3.05, 3.63) is 54.1 Å². The summed E-state index contributed by atoms with van der Waals surface area (Å²) in [6, 6.07) is 15.5. The summed E-state index contributed by atoms with van der Waals surface area (Å²) in [5, 5.41) is 7.65. The lowest BCUT2D eigenvalue weighted by Crippen LogP contribution is -2.28. The number of benzene rings is 2. The standard InChI is InChI=1S/C20H20N4O3S/c1-24(12-14-7-8-16-17(11-14)27-10-9-26-16)18(25)13-28-20-21-19(22-23-20)15-5-3-2-4-6-15/h2-8,11H,9-10,12-13H2,1H3,(H,21,22,23). The number of nitrogens with zero attached hydrogens (tertiary/aromatic N) is 3. The molecule has 1 N–H and O–H groups in total. The van der Waals surface area contributed by atoms with Crippen molar-refractivity contribution >= 4 is 17.7 Å². The number of nitrogens with one attached hydrogen (secondary N) is 1. The van der Waals surface area contributed by atoms with Crippen LogP contribution in [-0.2, 0) is 11.3 Å². The number of carbonyl (C=O) groups excluding carboxylic acids is 1. The summed E-state index contributed by atoms with van der Waals surface area (Å²) in [4.78, 5) is 18.6. The van der Waals surface area contributed by atoms with Gasteiger partial charge in [0.1, 0.15) is 13.2 Å². The van der Waals surface area contributed by atoms with Crippen LogP contribution in [0, 0.1) is 0 Å². The van der Waals surface area contributed by atoms with Crippen molar-refractivity contribution < 1.29 is 14.3 Å². The molecule has 1 aliphatic rings. The van der Waals surface area contributed by atoms with E-state index in [1.165, 1.54) is 11.8 Å². The van der Waals surface area contributed by atoms with E-state index in [9.17, 15) is 4.79 Å². The Bertz CT molecular complexity index is 961. The maximum atomic E-state index is 12.5. The Balaban J connectivity index is 1.32. The van der Waals surface area contributed by atoms with E-state index >= 15 is 0 Å². The van der Waals surface area contributed by atoms with Gasteiger partial charge in [-0.3, -0.25) is 9.89 Å². The Kier molecular flexibility index (Phi) is 5.48. The number of aromatic nitrogens is 3. The van der Waals surface area contributed by atoms with Gasteiger partial charge in [-0.15, -0.1) is 5.10 Å². The minimum atomic E-state index is 0.00551. The Labute approximate surface area is 167 Å². The average Bonchev–Trinajstić information content (AvgIpc) is 3.21. The topological polar surface area (TPSA) is 80.3 Å². The molecule has 0 radical (unpaired) electrons. The van der Waals surface area contributed by atoms with Gasteiger partial charge in [-0.2, -0.15) is 0 Å². The van der Waals surface area contributed by atoms with Crippen molar-refractivity contribution in [3.8, 4) is 22.9 Å². The van der Waals surface area contributed by atoms with Crippen molar-refractivity contribution in [2.24, 2.45) is 0 Å². The second-order valence-corrected chi connectivity index (χ2v) is 7.29. The number of fused-ring (bicyclic) bond motifs is 1. The number of H-pyrrole nitrogens is 1. The predicted molar refractivity (Wildman–Crippen MR) is 106 cm³/mol. The van der Waals surface area contributed by atoms with Gasteiger partial charge >= 0.3 is 0 Å². The van der Waals surface area contributed by atoms with E-state index in [4.69, 9.17) is 9.47 Å². The monoisotopic (exact) mass is 396 g/mol. The van der Waals surface area contributed by atoms with E-state index in [2.05, 4.69) is 15.2 Å². The molecule has 1 aromatic heterocycles. The number of rotatable bonds is 6. The summed E-state index contributed by atoms with van der Waals surface area (Å²) in [6.07, 6.45) is 0. The molecule has 0 saturated heterocycles. The zero-order valence-corrected chi connectivity index (χ0v) is 16.2. The van der Waals surface area contributed by atoms with E-state index in [1.54, 1.807) is 11.9 Å². The summed E-state index contributed by atoms with van der Waals surface area (Å²) in [5.74, 6) is 2.45. The van der Waals surface area contributed by atoms with Crippen LogP contribution < -0.4 is 9.47 Å². The molecule has 1 aliphatic heterocycles. The van der Waals surface area contributed by atoms with Crippen LogP contribution in [0.4, 0.5) is 0 Å². The van der Waals surface area contributed by atoms with Gasteiger partial charge in [0.25, 0.3) is 0 Å². The Morgan fingerprint density at radius 1 is 1.14 bits per heavy atom. The molecule has 8 heteroatoms. The fourth-order valence-electron chi connectivity index (χ4n) is 2.82. The number of carbonyl (C=O) groups is 1. The third kappa shape index (κ3) is 4.28. The maximum Gasteiger partial charge on any atom is 0.233 e. The minimum Gasteiger partial charge on any atom is -0.486 e. The number of ether oxygens (including phenoxy) is 2. The summed E-state index contributed by atoms with van der Waals surface area (Å²) in [6.45, 7) is 1.61. The van der Waals surface area contributed by atoms with E-state index in [-0.39, 0.29) is 11.7 Å². The Morgan fingerprint density at radius 2 is 1.93 bits per heavy atom. The van der Waals surface area contributed by atoms with Crippen LogP contribution in [-0.4, -0.2) is 52.0 Å². The molecule has 0 unspecified atom stereocenters. The Hall–Kier alpha value is -3.00. The molecule has 0 spiro atoms. The molecular weight excluding hydrogens is 376 g/mol. The fourth-order valence-corrected chi connectivity index (χ4v) is 3.56. The van der Waals surface area contributed by atoms with Crippen LogP contribution in [0.3, 0.4) is 0 Å². The van der Waals surface area contributed by atoms with Crippen LogP contribution in [0.2, 0.25) is 0 Å². The van der Waals surface area contributed by atoms with Crippen molar-refractivity contribution in [1.29, 1.82) is 0 Å². The van der Waals surface area contributed by atoms with Gasteiger partial charge in [0, 0.05) is 19.2 Å². The van der Waals surface area contributed by atoms with E-state index < -0.39 is 0 Å². The molecule has 28 heavy (non-hydrogen) atoms. The van der Waals surface area contributed by atoms with Crippen LogP contribution >= 0.6 is 11.8 Å². The lowest BCUT2D eigenvalue weighted by molar-refractivity contribution is -0.127. The molecule has 0 fully saturated rings. The quantitative estimate of drug-likeness (QED) is 0.645. The summed E-state index contributed by atoms with van der Waals surface area (Å²) < 4.78 is 11.1. The molecule has 0 atom stereocenters. The molecule has 1 amide bonds. The molecular formula is C20H20N4O3S. The van der Waals surface area contributed by atoms with Crippen LogP contribution in [0.15, 0.2) is 53.7 Å². The number of thioether (sulfide) groups is 1. The van der Waals surface area contributed by atoms with Gasteiger partial charge < -0.3 is 14.4 Å². The second-order valence-electron chi connectivity index (χ2n) is 6.35. The molecule has 7 nitrogen and oxygen atoms in total. The van der Waals surface area contributed by atoms with Crippen molar-refractivity contribution in [3.63, 3.8) is 0 Å². The highest BCUT2D eigenvalue weighted by Crippen LogP contribution is 2.31. The number of amides is 1. The summed E-state index contributed by atoms with van der Waals surface area (Å²) in [7, 11) is 1.78. The first-order chi connectivity index (χ1) is 13.7. The summed E-state index contributed by atoms with van der Waals surface area (Å²) in [5.41, 5.74) is 1.96. The molecule has 2 aromatic carbocycles. The van der Waals surface area contributed by atoms with E-state index in [0.29, 0.717) is 30.7 Å². The first kappa shape index (κ1) is 18.4. The minimum absolute atomic E-state index is 0.00551. The highest BCUT2D eigenvalue weighted by atomic mass is 32.2. The largest absolute Gasteiger partial charge is 0.486 e. The molecule has 0 saturated carbocycles. The zero-order valence-electron chi connectivity index (χ0n) is 15.4. The lowest BCUT2D eigenvalue weighted by atomic mass is 10.2. The van der Waals surface area contributed by atoms with Crippen LogP contribution in [0.25, 0.3) is 11.4 Å². The molecule has 4 rings (SSSR count). The smallest absolute Gasteiger partial charge is 0.233 e. The molecule has 144 valence electrons. The number of aromatic amines is 1. The maximum absolute atomic E-state index is 12.5. The third-order valence-electron chi connectivity index (χ3n) is 4.29. The molecule has 3 aromatic rings. The van der Waals surface area contributed by atoms with E-state index in [0.717, 1.165) is 22.6 Å². The predicted octanol–water partition coefficient (Wildman–Crippen LogP) is 2.99. The van der Waals surface area contributed by atoms with Crippen molar-refractivity contribution in [2.75, 3.05) is 26.0 Å². The van der Waals surface area contributed by atoms with Gasteiger partial charge in [0.2, 0.25) is 11.1 Å². The molecule has 0 aliphatic carbocycles. The van der Waals surface area contributed by atoms with Gasteiger partial charge in [-0.05, 0) is 17.7 Å². The van der Waals surface area contributed by atoms with Crippen molar-refractivity contribution in [2.45, 2.75) is 11.7 Å². The molecule has 0 bridgehead atoms. The molecule has 2 heterocycles. The average molecular weight is 396 g/mol. The van der Waals surface area contributed by atoms with Gasteiger partial charge in [-0.1, -0.05) is 48.2 Å². The fraction of sp³-hybridized carbons (Fsp3) is 0.250. The first-order valence-corrected chi connectivity index (χ1v) is 9.91. The highest BCUT2D eigenvalue weighted by molar-refractivity contribution is 7.99. The SMILES string of the molecule is CN(Cc1ccc2c(c1)OCCO2)C(=O)CSc1n[nH]c(-c2ccccc2)n1. The number of hydrogen-bond donors (Lipinski definition) is 1. The van der Waals surface area contributed by atoms with Crippen LogP contribution in [0.1, 0.15) is 5.56 Å². The van der Waals surface area contributed by atoms with Gasteiger partial charge in [0.05, 0.1) is 5.75 Å². The summed E-state index contributed by atoms with van der Waals surface area (Å²) >= 11 is 1.32. The van der Waals surface area contributed by atoms with Crippen LogP contribution in [0.5, 0.6) is 11.5 Å². The van der Waals surface area contributed by atoms with Crippen molar-refractivity contribution in [1.82, 2.24) is 20.1 Å². The highest BCUT2D eigenvalue weighted by Gasteiger charge is 2.15. The lowest BCUT2D eigenvalue weighted by Gasteiger charge is -2.21. The van der Waals surface area contributed by atoms with Gasteiger partial charge in [0.15, 0.2) is 17.3 Å². The number of hydrogen-bond acceptors (Lipinski definition) is 6. The van der Waals surface area contributed by atoms with Gasteiger partial charge in [-0.25, -0.2) is 4.98 Å². The zero-order chi connectivity index (χ0) is 19.3. The third-order valence-corrected chi connectivity index (χ3v) is 5.12. The first-order valence-electron chi connectivity index (χ1n) is 8.92. The Morgan fingerprint density at radius 3 is 2.75 bits per heavy atom. The second kappa shape index (κ2) is 8.35.